The number of aromatic carboxylic acids is 1. The molecule has 1 fully saturated rings. The van der Waals surface area contributed by atoms with E-state index >= 15 is 0 Å². The van der Waals surface area contributed by atoms with Crippen LogP contribution in [0.2, 0.25) is 0 Å². The molecule has 0 spiro atoms. The molecule has 1 amide bonds. The Labute approximate surface area is 214 Å². The fraction of sp³-hybridized carbons (Fsp3) is 0.259. The molecule has 0 bridgehead atoms. The molecule has 3 aromatic rings. The van der Waals surface area contributed by atoms with Crippen molar-refractivity contribution in [2.75, 3.05) is 11.4 Å². The van der Waals surface area contributed by atoms with Gasteiger partial charge in [-0.25, -0.2) is 4.79 Å². The Kier molecular flexibility index (Phi) is 6.06. The number of carbonyl (C=O) groups is 2. The van der Waals surface area contributed by atoms with Crippen LogP contribution >= 0.6 is 15.9 Å². The highest BCUT2D eigenvalue weighted by molar-refractivity contribution is 9.10. The zero-order valence-electron chi connectivity index (χ0n) is 19.0. The molecule has 1 heterocycles. The van der Waals surface area contributed by atoms with Crippen LogP contribution in [-0.4, -0.2) is 23.5 Å². The maximum atomic E-state index is 13.5. The summed E-state index contributed by atoms with van der Waals surface area (Å²) in [7, 11) is 0. The van der Waals surface area contributed by atoms with Gasteiger partial charge in [0.25, 0.3) is 5.91 Å². The Morgan fingerprint density at radius 2 is 1.78 bits per heavy atom. The van der Waals surface area contributed by atoms with Gasteiger partial charge in [-0.2, -0.15) is 13.2 Å². The number of carboxylic acids is 1. The van der Waals surface area contributed by atoms with Crippen LogP contribution in [0.5, 0.6) is 0 Å². The molecule has 0 aromatic heterocycles. The zero-order valence-corrected chi connectivity index (χ0v) is 20.6. The summed E-state index contributed by atoms with van der Waals surface area (Å²) in [6, 6.07) is 15.7. The summed E-state index contributed by atoms with van der Waals surface area (Å²) in [6.45, 7) is 1.01. The summed E-state index contributed by atoms with van der Waals surface area (Å²) in [6.07, 6.45) is -2.18. The summed E-state index contributed by atoms with van der Waals surface area (Å²) in [5.74, 6) is -1.24. The predicted octanol–water partition coefficient (Wildman–Crippen LogP) is 6.15. The third kappa shape index (κ3) is 4.59. The molecule has 1 saturated carbocycles. The van der Waals surface area contributed by atoms with E-state index in [0.29, 0.717) is 28.7 Å². The first kappa shape index (κ1) is 24.4. The summed E-state index contributed by atoms with van der Waals surface area (Å²) >= 11 is 3.28. The number of carboxylic acid groups (broad SMARTS) is 1. The number of amides is 1. The molecule has 0 atom stereocenters. The number of benzene rings is 3. The zero-order chi connectivity index (χ0) is 25.7. The van der Waals surface area contributed by atoms with Gasteiger partial charge in [0.05, 0.1) is 27.9 Å². The number of fused-ring (bicyclic) bond motifs is 1. The van der Waals surface area contributed by atoms with Crippen molar-refractivity contribution in [1.82, 2.24) is 5.32 Å². The molecule has 186 valence electrons. The van der Waals surface area contributed by atoms with Crippen LogP contribution in [0, 0.1) is 0 Å². The van der Waals surface area contributed by atoms with Gasteiger partial charge in [-0.05, 0) is 66.3 Å². The Hall–Kier alpha value is -3.33. The first-order valence-electron chi connectivity index (χ1n) is 11.5. The van der Waals surface area contributed by atoms with Crippen LogP contribution in [0.15, 0.2) is 65.1 Å². The van der Waals surface area contributed by atoms with Crippen molar-refractivity contribution >= 4 is 33.5 Å². The minimum Gasteiger partial charge on any atom is -0.478 e. The number of carbonyl (C=O) groups excluding carboxylic acids is 1. The van der Waals surface area contributed by atoms with Crippen molar-refractivity contribution in [2.45, 2.75) is 37.5 Å². The number of nitrogens with one attached hydrogen (secondary N) is 1. The van der Waals surface area contributed by atoms with E-state index in [9.17, 15) is 22.8 Å². The van der Waals surface area contributed by atoms with Gasteiger partial charge in [0.1, 0.15) is 0 Å². The van der Waals surface area contributed by atoms with Crippen molar-refractivity contribution < 1.29 is 27.9 Å². The van der Waals surface area contributed by atoms with Crippen LogP contribution in [-0.2, 0) is 24.7 Å². The van der Waals surface area contributed by atoms with Crippen LogP contribution < -0.4 is 10.2 Å². The lowest BCUT2D eigenvalue weighted by Crippen LogP contribution is -2.36. The summed E-state index contributed by atoms with van der Waals surface area (Å²) in [5.41, 5.74) is 2.82. The number of hydrogen-bond donors (Lipinski definition) is 2. The van der Waals surface area contributed by atoms with Crippen molar-refractivity contribution in [3.63, 3.8) is 0 Å². The van der Waals surface area contributed by atoms with Crippen molar-refractivity contribution in [3.8, 4) is 0 Å². The summed E-state index contributed by atoms with van der Waals surface area (Å²) in [4.78, 5) is 26.7. The van der Waals surface area contributed by atoms with Gasteiger partial charge in [0.15, 0.2) is 0 Å². The van der Waals surface area contributed by atoms with Gasteiger partial charge < -0.3 is 15.3 Å². The lowest BCUT2D eigenvalue weighted by molar-refractivity contribution is -0.137. The second kappa shape index (κ2) is 8.96. The van der Waals surface area contributed by atoms with Gasteiger partial charge in [0, 0.05) is 17.6 Å². The maximum absolute atomic E-state index is 13.5. The SMILES string of the molecule is O=C(O)c1ccc(C2(NC(=O)c3cccc4c3N(Cc3ccc(C(F)(F)F)cc3Br)CC4)CC2)cc1. The second-order valence-electron chi connectivity index (χ2n) is 9.21. The molecular weight excluding hydrogens is 537 g/mol. The quantitative estimate of drug-likeness (QED) is 0.381. The first-order chi connectivity index (χ1) is 17.1. The molecule has 0 saturated heterocycles. The average Bonchev–Trinajstić information content (AvgIpc) is 3.51. The molecule has 0 unspecified atom stereocenters. The van der Waals surface area contributed by atoms with E-state index in [2.05, 4.69) is 21.2 Å². The molecule has 2 aliphatic rings. The maximum Gasteiger partial charge on any atom is 0.416 e. The minimum atomic E-state index is -4.42. The smallest absolute Gasteiger partial charge is 0.416 e. The van der Waals surface area contributed by atoms with E-state index in [1.807, 2.05) is 17.0 Å². The lowest BCUT2D eigenvalue weighted by Gasteiger charge is -2.24. The number of alkyl halides is 3. The molecule has 1 aliphatic carbocycles. The van der Waals surface area contributed by atoms with Gasteiger partial charge in [-0.3, -0.25) is 4.79 Å². The third-order valence-electron chi connectivity index (χ3n) is 6.86. The summed E-state index contributed by atoms with van der Waals surface area (Å²) in [5, 5.41) is 12.3. The number of nitrogens with zero attached hydrogens (tertiary/aromatic N) is 1. The van der Waals surface area contributed by atoms with Crippen LogP contribution in [0.3, 0.4) is 0 Å². The second-order valence-corrected chi connectivity index (χ2v) is 10.1. The predicted molar refractivity (Wildman–Crippen MR) is 132 cm³/mol. The lowest BCUT2D eigenvalue weighted by atomic mass is 10.0. The van der Waals surface area contributed by atoms with Crippen LogP contribution in [0.4, 0.5) is 18.9 Å². The van der Waals surface area contributed by atoms with E-state index in [1.165, 1.54) is 18.2 Å². The van der Waals surface area contributed by atoms with Crippen molar-refractivity contribution in [2.24, 2.45) is 0 Å². The number of halogens is 4. The fourth-order valence-electron chi connectivity index (χ4n) is 4.76. The van der Waals surface area contributed by atoms with E-state index in [-0.39, 0.29) is 11.5 Å². The van der Waals surface area contributed by atoms with Crippen LogP contribution in [0.25, 0.3) is 0 Å². The van der Waals surface area contributed by atoms with Gasteiger partial charge in [0.2, 0.25) is 0 Å². The number of anilines is 1. The standard InChI is InChI=1S/C27H22BrF3N2O3/c28-22-14-20(27(29,30)31)9-6-18(22)15-33-13-10-16-2-1-3-21(23(16)33)24(34)32-26(11-12-26)19-7-4-17(5-8-19)25(35)36/h1-9,14H,10-13,15H2,(H,32,34)(H,35,36). The van der Waals surface area contributed by atoms with Crippen LogP contribution in [0.1, 0.15) is 55.8 Å². The topological polar surface area (TPSA) is 69.6 Å². The molecule has 5 rings (SSSR count). The largest absolute Gasteiger partial charge is 0.478 e. The first-order valence-corrected chi connectivity index (χ1v) is 12.3. The van der Waals surface area contributed by atoms with E-state index in [4.69, 9.17) is 5.11 Å². The molecular formula is C27H22BrF3N2O3. The van der Waals surface area contributed by atoms with Crippen molar-refractivity contribution in [1.29, 1.82) is 0 Å². The fourth-order valence-corrected chi connectivity index (χ4v) is 5.26. The number of para-hydroxylation sites is 1. The monoisotopic (exact) mass is 558 g/mol. The van der Waals surface area contributed by atoms with E-state index < -0.39 is 23.2 Å². The Morgan fingerprint density at radius 3 is 2.39 bits per heavy atom. The normalized spacial score (nSPS) is 15.9. The molecule has 3 aromatic carbocycles. The number of rotatable bonds is 6. The molecule has 9 heteroatoms. The molecule has 5 nitrogen and oxygen atoms in total. The Balaban J connectivity index is 1.38. The highest BCUT2D eigenvalue weighted by atomic mass is 79.9. The van der Waals surface area contributed by atoms with Gasteiger partial charge in [-0.15, -0.1) is 0 Å². The Morgan fingerprint density at radius 1 is 1.06 bits per heavy atom. The van der Waals surface area contributed by atoms with E-state index in [1.54, 1.807) is 18.2 Å². The highest BCUT2D eigenvalue weighted by Gasteiger charge is 2.46. The van der Waals surface area contributed by atoms with Gasteiger partial charge >= 0.3 is 12.1 Å². The van der Waals surface area contributed by atoms with Gasteiger partial charge in [-0.1, -0.05) is 46.3 Å². The number of hydrogen-bond acceptors (Lipinski definition) is 3. The molecule has 2 N–H and O–H groups in total. The third-order valence-corrected chi connectivity index (χ3v) is 7.60. The summed E-state index contributed by atoms with van der Waals surface area (Å²) < 4.78 is 39.5. The van der Waals surface area contributed by atoms with Crippen molar-refractivity contribution in [3.05, 3.63) is 98.5 Å². The molecule has 1 aliphatic heterocycles. The average molecular weight is 559 g/mol. The highest BCUT2D eigenvalue weighted by Crippen LogP contribution is 2.46. The molecule has 0 radical (unpaired) electrons. The molecule has 36 heavy (non-hydrogen) atoms. The minimum absolute atomic E-state index is 0.187. The Bertz CT molecular complexity index is 1350. The van der Waals surface area contributed by atoms with E-state index in [0.717, 1.165) is 48.2 Å².